The van der Waals surface area contributed by atoms with Crippen LogP contribution in [0.4, 0.5) is 0 Å². The van der Waals surface area contributed by atoms with Crippen molar-refractivity contribution in [3.8, 4) is 0 Å². The largest absolute Gasteiger partial charge is 0.337 e. The van der Waals surface area contributed by atoms with Crippen molar-refractivity contribution in [2.75, 3.05) is 25.1 Å². The lowest BCUT2D eigenvalue weighted by atomic mass is 9.99. The predicted octanol–water partition coefficient (Wildman–Crippen LogP) is 3.32. The molecular weight excluding hydrogens is 294 g/mol. The summed E-state index contributed by atoms with van der Waals surface area (Å²) in [6.07, 6.45) is 5.44. The minimum Gasteiger partial charge on any atom is -0.337 e. The summed E-state index contributed by atoms with van der Waals surface area (Å²) in [7, 11) is 0. The van der Waals surface area contributed by atoms with Crippen LogP contribution in [0.25, 0.3) is 0 Å². The molecule has 0 saturated carbocycles. The fraction of sp³-hybridized carbons (Fsp3) is 0.765. The van der Waals surface area contributed by atoms with E-state index in [0.29, 0.717) is 11.8 Å². The van der Waals surface area contributed by atoms with Gasteiger partial charge in [-0.1, -0.05) is 13.8 Å². The summed E-state index contributed by atoms with van der Waals surface area (Å²) in [6, 6.07) is 2.00. The molecule has 1 atom stereocenters. The number of rotatable bonds is 6. The van der Waals surface area contributed by atoms with Gasteiger partial charge in [0.15, 0.2) is 0 Å². The summed E-state index contributed by atoms with van der Waals surface area (Å²) < 4.78 is 1.87. The van der Waals surface area contributed by atoms with E-state index >= 15 is 0 Å². The Morgan fingerprint density at radius 3 is 2.91 bits per heavy atom. The van der Waals surface area contributed by atoms with Gasteiger partial charge in [0.05, 0.1) is 5.69 Å². The van der Waals surface area contributed by atoms with Crippen molar-refractivity contribution in [2.24, 2.45) is 11.8 Å². The van der Waals surface area contributed by atoms with Crippen LogP contribution in [0.15, 0.2) is 6.07 Å². The number of thioether (sulfide) groups is 1. The zero-order valence-electron chi connectivity index (χ0n) is 14.3. The van der Waals surface area contributed by atoms with Crippen molar-refractivity contribution in [3.63, 3.8) is 0 Å². The second-order valence-electron chi connectivity index (χ2n) is 6.65. The number of likely N-dealkylation sites (tertiary alicyclic amines) is 1. The molecule has 0 N–H and O–H groups in total. The molecule has 1 saturated heterocycles. The zero-order valence-corrected chi connectivity index (χ0v) is 15.2. The van der Waals surface area contributed by atoms with E-state index in [0.717, 1.165) is 49.6 Å². The summed E-state index contributed by atoms with van der Waals surface area (Å²) in [4.78, 5) is 14.9. The summed E-state index contributed by atoms with van der Waals surface area (Å²) in [5, 5.41) is 4.61. The lowest BCUT2D eigenvalue weighted by Gasteiger charge is -2.32. The Morgan fingerprint density at radius 1 is 1.50 bits per heavy atom. The fourth-order valence-corrected chi connectivity index (χ4v) is 3.93. The molecule has 1 aliphatic heterocycles. The third-order valence-electron chi connectivity index (χ3n) is 4.18. The van der Waals surface area contributed by atoms with E-state index in [1.807, 2.05) is 27.4 Å². The highest BCUT2D eigenvalue weighted by Gasteiger charge is 2.26. The fourth-order valence-electron chi connectivity index (χ4n) is 3.18. The maximum Gasteiger partial charge on any atom is 0.272 e. The molecule has 1 fully saturated rings. The van der Waals surface area contributed by atoms with Crippen LogP contribution in [0.3, 0.4) is 0 Å². The molecule has 1 aromatic rings. The minimum absolute atomic E-state index is 0.162. The zero-order chi connectivity index (χ0) is 16.1. The van der Waals surface area contributed by atoms with E-state index in [2.05, 4.69) is 32.1 Å². The molecule has 0 aromatic carbocycles. The van der Waals surface area contributed by atoms with Gasteiger partial charge in [0.25, 0.3) is 5.91 Å². The number of hydrogen-bond donors (Lipinski definition) is 0. The number of carbonyl (C=O) groups excluding carboxylic acids is 1. The number of carbonyl (C=O) groups is 1. The van der Waals surface area contributed by atoms with Gasteiger partial charge in [-0.25, -0.2) is 0 Å². The molecule has 2 heterocycles. The van der Waals surface area contributed by atoms with Crippen LogP contribution < -0.4 is 0 Å². The molecule has 0 spiro atoms. The molecule has 22 heavy (non-hydrogen) atoms. The second kappa shape index (κ2) is 8.04. The third-order valence-corrected chi connectivity index (χ3v) is 4.98. The number of hydrogen-bond acceptors (Lipinski definition) is 3. The Kier molecular flexibility index (Phi) is 6.36. The second-order valence-corrected chi connectivity index (χ2v) is 7.56. The highest BCUT2D eigenvalue weighted by Crippen LogP contribution is 2.22. The number of aromatic nitrogens is 2. The van der Waals surface area contributed by atoms with E-state index in [1.165, 1.54) is 6.42 Å². The summed E-state index contributed by atoms with van der Waals surface area (Å²) in [5.74, 6) is 2.51. The first kappa shape index (κ1) is 17.4. The first-order chi connectivity index (χ1) is 10.5. The van der Waals surface area contributed by atoms with Gasteiger partial charge >= 0.3 is 0 Å². The lowest BCUT2D eigenvalue weighted by Crippen LogP contribution is -2.41. The molecule has 1 aliphatic rings. The van der Waals surface area contributed by atoms with Crippen LogP contribution in [0.1, 0.15) is 49.8 Å². The first-order valence-corrected chi connectivity index (χ1v) is 9.79. The first-order valence-electron chi connectivity index (χ1n) is 8.40. The normalized spacial score (nSPS) is 19.0. The van der Waals surface area contributed by atoms with Gasteiger partial charge in [-0.05, 0) is 56.1 Å². The molecule has 0 unspecified atom stereocenters. The van der Waals surface area contributed by atoms with Crippen LogP contribution >= 0.6 is 11.8 Å². The Balaban J connectivity index is 2.12. The SMILES string of the molecule is CCn1nc(CC(C)C)cc1C(=O)N1CCC[C@H](CSC)C1. The summed E-state index contributed by atoms with van der Waals surface area (Å²) >= 11 is 1.88. The predicted molar refractivity (Wildman–Crippen MR) is 93.5 cm³/mol. The highest BCUT2D eigenvalue weighted by atomic mass is 32.2. The highest BCUT2D eigenvalue weighted by molar-refractivity contribution is 7.98. The Labute approximate surface area is 138 Å². The van der Waals surface area contributed by atoms with Crippen molar-refractivity contribution in [1.82, 2.24) is 14.7 Å². The van der Waals surface area contributed by atoms with E-state index in [-0.39, 0.29) is 5.91 Å². The molecule has 4 nitrogen and oxygen atoms in total. The molecular formula is C17H29N3OS. The standard InChI is InChI=1S/C17H29N3OS/c1-5-20-16(10-15(18-20)9-13(2)3)17(21)19-8-6-7-14(11-19)12-22-4/h10,13-14H,5-9,11-12H2,1-4H3/t14-/m0/s1. The molecule has 0 radical (unpaired) electrons. The van der Waals surface area contributed by atoms with Crippen molar-refractivity contribution in [3.05, 3.63) is 17.5 Å². The molecule has 2 rings (SSSR count). The minimum atomic E-state index is 0.162. The Bertz CT molecular complexity index is 496. The maximum atomic E-state index is 12.9. The molecule has 124 valence electrons. The van der Waals surface area contributed by atoms with Crippen LogP contribution in [0.2, 0.25) is 0 Å². The molecule has 0 bridgehead atoms. The van der Waals surface area contributed by atoms with Gasteiger partial charge in [0.2, 0.25) is 0 Å². The van der Waals surface area contributed by atoms with Gasteiger partial charge < -0.3 is 4.90 Å². The number of nitrogens with zero attached hydrogens (tertiary/aromatic N) is 3. The van der Waals surface area contributed by atoms with Crippen LogP contribution in [0, 0.1) is 11.8 Å². The average Bonchev–Trinajstić information content (AvgIpc) is 2.89. The van der Waals surface area contributed by atoms with Crippen molar-refractivity contribution in [1.29, 1.82) is 0 Å². The van der Waals surface area contributed by atoms with Gasteiger partial charge in [-0.15, -0.1) is 0 Å². The molecule has 0 aliphatic carbocycles. The van der Waals surface area contributed by atoms with Gasteiger partial charge in [-0.2, -0.15) is 16.9 Å². The summed E-state index contributed by atoms with van der Waals surface area (Å²) in [5.41, 5.74) is 1.81. The van der Waals surface area contributed by atoms with Crippen molar-refractivity contribution >= 4 is 17.7 Å². The molecule has 1 amide bonds. The van der Waals surface area contributed by atoms with Gasteiger partial charge in [0, 0.05) is 19.6 Å². The van der Waals surface area contributed by atoms with Crippen molar-refractivity contribution < 1.29 is 4.79 Å². The average molecular weight is 324 g/mol. The topological polar surface area (TPSA) is 38.1 Å². The van der Waals surface area contributed by atoms with Crippen LogP contribution in [-0.2, 0) is 13.0 Å². The number of aryl methyl sites for hydroxylation is 1. The quantitative estimate of drug-likeness (QED) is 0.806. The van der Waals surface area contributed by atoms with E-state index < -0.39 is 0 Å². The molecule has 1 aromatic heterocycles. The van der Waals surface area contributed by atoms with E-state index in [4.69, 9.17) is 0 Å². The lowest BCUT2D eigenvalue weighted by molar-refractivity contribution is 0.0673. The molecule has 5 heteroatoms. The van der Waals surface area contributed by atoms with Crippen LogP contribution in [0.5, 0.6) is 0 Å². The van der Waals surface area contributed by atoms with Crippen molar-refractivity contribution in [2.45, 2.75) is 46.6 Å². The third kappa shape index (κ3) is 4.28. The summed E-state index contributed by atoms with van der Waals surface area (Å²) in [6.45, 7) is 8.96. The Hall–Kier alpha value is -0.970. The smallest absolute Gasteiger partial charge is 0.272 e. The van der Waals surface area contributed by atoms with Crippen LogP contribution in [-0.4, -0.2) is 45.7 Å². The Morgan fingerprint density at radius 2 is 2.27 bits per heavy atom. The van der Waals surface area contributed by atoms with Gasteiger partial charge in [0.1, 0.15) is 5.69 Å². The number of piperidine rings is 1. The van der Waals surface area contributed by atoms with Gasteiger partial charge in [-0.3, -0.25) is 9.48 Å². The van der Waals surface area contributed by atoms with E-state index in [1.54, 1.807) is 0 Å². The maximum absolute atomic E-state index is 12.9. The number of amides is 1. The monoisotopic (exact) mass is 323 g/mol. The van der Waals surface area contributed by atoms with E-state index in [9.17, 15) is 4.79 Å².